The highest BCUT2D eigenvalue weighted by molar-refractivity contribution is 5.80. The Labute approximate surface area is 132 Å². The Balaban J connectivity index is 1.76. The maximum atomic E-state index is 12.0. The monoisotopic (exact) mass is 297 g/mol. The number of amides is 1. The van der Waals surface area contributed by atoms with Crippen molar-refractivity contribution in [2.24, 2.45) is 0 Å². The molecule has 0 aliphatic heterocycles. The van der Waals surface area contributed by atoms with Crippen molar-refractivity contribution in [2.75, 3.05) is 6.54 Å². The Kier molecular flexibility index (Phi) is 6.01. The van der Waals surface area contributed by atoms with Crippen molar-refractivity contribution in [3.8, 4) is 5.75 Å². The van der Waals surface area contributed by atoms with Gasteiger partial charge in [0.1, 0.15) is 5.75 Å². The van der Waals surface area contributed by atoms with Gasteiger partial charge in [-0.05, 0) is 43.0 Å². The van der Waals surface area contributed by atoms with Gasteiger partial charge in [-0.15, -0.1) is 0 Å². The largest absolute Gasteiger partial charge is 0.481 e. The summed E-state index contributed by atoms with van der Waals surface area (Å²) in [5, 5.41) is 2.91. The quantitative estimate of drug-likeness (QED) is 0.851. The third kappa shape index (κ3) is 4.92. The van der Waals surface area contributed by atoms with Gasteiger partial charge in [-0.3, -0.25) is 4.79 Å². The molecule has 0 bridgehead atoms. The molecule has 0 aliphatic carbocycles. The molecule has 3 heteroatoms. The van der Waals surface area contributed by atoms with Crippen LogP contribution in [0, 0.1) is 0 Å². The van der Waals surface area contributed by atoms with E-state index in [1.165, 1.54) is 11.1 Å². The smallest absolute Gasteiger partial charge is 0.260 e. The van der Waals surface area contributed by atoms with Crippen LogP contribution in [-0.4, -0.2) is 18.6 Å². The lowest BCUT2D eigenvalue weighted by Gasteiger charge is -2.15. The molecule has 0 fully saturated rings. The molecule has 2 aromatic rings. The van der Waals surface area contributed by atoms with Crippen LogP contribution in [-0.2, 0) is 17.6 Å². The van der Waals surface area contributed by atoms with Gasteiger partial charge in [-0.1, -0.05) is 49.4 Å². The molecule has 0 aliphatic rings. The molecule has 22 heavy (non-hydrogen) atoms. The molecule has 116 valence electrons. The first-order chi connectivity index (χ1) is 10.7. The van der Waals surface area contributed by atoms with Crippen molar-refractivity contribution >= 4 is 5.91 Å². The van der Waals surface area contributed by atoms with Crippen LogP contribution in [0.3, 0.4) is 0 Å². The summed E-state index contributed by atoms with van der Waals surface area (Å²) in [6.07, 6.45) is 1.32. The van der Waals surface area contributed by atoms with E-state index in [0.717, 1.165) is 18.6 Å². The Morgan fingerprint density at radius 2 is 1.73 bits per heavy atom. The molecule has 3 nitrogen and oxygen atoms in total. The minimum absolute atomic E-state index is 0.0875. The Hall–Kier alpha value is -2.29. The first-order valence-corrected chi connectivity index (χ1v) is 7.76. The standard InChI is InChI=1S/C19H23NO2/c1-3-16-9-11-18(12-10-16)22-15(2)19(21)20-14-13-17-7-5-4-6-8-17/h4-12,15H,3,13-14H2,1-2H3,(H,20,21). The molecule has 1 atom stereocenters. The molecule has 0 aromatic heterocycles. The number of hydrogen-bond donors (Lipinski definition) is 1. The number of aryl methyl sites for hydroxylation is 1. The highest BCUT2D eigenvalue weighted by atomic mass is 16.5. The van der Waals surface area contributed by atoms with Crippen molar-refractivity contribution in [3.63, 3.8) is 0 Å². The molecule has 1 unspecified atom stereocenters. The molecule has 0 saturated heterocycles. The molecule has 0 spiro atoms. The van der Waals surface area contributed by atoms with E-state index in [4.69, 9.17) is 4.74 Å². The maximum absolute atomic E-state index is 12.0. The SMILES string of the molecule is CCc1ccc(OC(C)C(=O)NCCc2ccccc2)cc1. The zero-order valence-electron chi connectivity index (χ0n) is 13.2. The average Bonchev–Trinajstić information content (AvgIpc) is 2.56. The summed E-state index contributed by atoms with van der Waals surface area (Å²) in [5.41, 5.74) is 2.47. The molecule has 2 aromatic carbocycles. The second-order valence-corrected chi connectivity index (χ2v) is 5.28. The molecular weight excluding hydrogens is 274 g/mol. The number of nitrogens with one attached hydrogen (secondary N) is 1. The molecule has 0 radical (unpaired) electrons. The van der Waals surface area contributed by atoms with Crippen LogP contribution in [0.2, 0.25) is 0 Å². The van der Waals surface area contributed by atoms with E-state index in [1.54, 1.807) is 6.92 Å². The lowest BCUT2D eigenvalue weighted by atomic mass is 10.1. The summed E-state index contributed by atoms with van der Waals surface area (Å²) in [7, 11) is 0. The van der Waals surface area contributed by atoms with E-state index in [0.29, 0.717) is 6.54 Å². The fourth-order valence-corrected chi connectivity index (χ4v) is 2.18. The zero-order valence-corrected chi connectivity index (χ0v) is 13.2. The predicted octanol–water partition coefficient (Wildman–Crippen LogP) is 3.38. The van der Waals surface area contributed by atoms with Gasteiger partial charge in [0.15, 0.2) is 6.10 Å². The summed E-state index contributed by atoms with van der Waals surface area (Å²) in [6.45, 7) is 4.50. The summed E-state index contributed by atoms with van der Waals surface area (Å²) in [6, 6.07) is 18.0. The minimum atomic E-state index is -0.497. The molecule has 2 rings (SSSR count). The van der Waals surface area contributed by atoms with Crippen LogP contribution in [0.25, 0.3) is 0 Å². The van der Waals surface area contributed by atoms with Crippen LogP contribution >= 0.6 is 0 Å². The highest BCUT2D eigenvalue weighted by Crippen LogP contribution is 2.14. The van der Waals surface area contributed by atoms with Gasteiger partial charge in [-0.25, -0.2) is 0 Å². The second kappa shape index (κ2) is 8.23. The summed E-state index contributed by atoms with van der Waals surface area (Å²) >= 11 is 0. The number of carbonyl (C=O) groups is 1. The van der Waals surface area contributed by atoms with Crippen LogP contribution in [0.15, 0.2) is 54.6 Å². The number of carbonyl (C=O) groups excluding carboxylic acids is 1. The van der Waals surface area contributed by atoms with Crippen LogP contribution in [0.4, 0.5) is 0 Å². The van der Waals surface area contributed by atoms with E-state index in [9.17, 15) is 4.79 Å². The number of rotatable bonds is 7. The number of benzene rings is 2. The predicted molar refractivity (Wildman–Crippen MR) is 89.1 cm³/mol. The van der Waals surface area contributed by atoms with E-state index >= 15 is 0 Å². The van der Waals surface area contributed by atoms with Gasteiger partial charge >= 0.3 is 0 Å². The Bertz CT molecular complexity index is 578. The number of hydrogen-bond acceptors (Lipinski definition) is 2. The van der Waals surface area contributed by atoms with Gasteiger partial charge in [0.05, 0.1) is 0 Å². The van der Waals surface area contributed by atoms with Gasteiger partial charge in [0.25, 0.3) is 5.91 Å². The molecule has 1 amide bonds. The zero-order chi connectivity index (χ0) is 15.8. The topological polar surface area (TPSA) is 38.3 Å². The lowest BCUT2D eigenvalue weighted by molar-refractivity contribution is -0.127. The van der Waals surface area contributed by atoms with E-state index < -0.39 is 6.10 Å². The van der Waals surface area contributed by atoms with Gasteiger partial charge < -0.3 is 10.1 Å². The van der Waals surface area contributed by atoms with E-state index in [-0.39, 0.29) is 5.91 Å². The van der Waals surface area contributed by atoms with Crippen LogP contribution in [0.1, 0.15) is 25.0 Å². The van der Waals surface area contributed by atoms with Crippen molar-refractivity contribution in [1.29, 1.82) is 0 Å². The van der Waals surface area contributed by atoms with Crippen molar-refractivity contribution in [1.82, 2.24) is 5.32 Å². The molecule has 0 heterocycles. The van der Waals surface area contributed by atoms with Gasteiger partial charge in [-0.2, -0.15) is 0 Å². The maximum Gasteiger partial charge on any atom is 0.260 e. The Morgan fingerprint density at radius 3 is 2.36 bits per heavy atom. The van der Waals surface area contributed by atoms with Crippen molar-refractivity contribution in [2.45, 2.75) is 32.8 Å². The van der Waals surface area contributed by atoms with Crippen LogP contribution in [0.5, 0.6) is 5.75 Å². The fourth-order valence-electron chi connectivity index (χ4n) is 2.18. The summed E-state index contributed by atoms with van der Waals surface area (Å²) in [4.78, 5) is 12.0. The fraction of sp³-hybridized carbons (Fsp3) is 0.316. The second-order valence-electron chi connectivity index (χ2n) is 5.28. The number of ether oxygens (including phenoxy) is 1. The van der Waals surface area contributed by atoms with Crippen LogP contribution < -0.4 is 10.1 Å². The lowest BCUT2D eigenvalue weighted by Crippen LogP contribution is -2.37. The van der Waals surface area contributed by atoms with Crippen molar-refractivity contribution in [3.05, 3.63) is 65.7 Å². The van der Waals surface area contributed by atoms with E-state index in [2.05, 4.69) is 24.4 Å². The van der Waals surface area contributed by atoms with Gasteiger partial charge in [0.2, 0.25) is 0 Å². The third-order valence-electron chi connectivity index (χ3n) is 3.57. The van der Waals surface area contributed by atoms with Crippen molar-refractivity contribution < 1.29 is 9.53 Å². The normalized spacial score (nSPS) is 11.7. The third-order valence-corrected chi connectivity index (χ3v) is 3.57. The summed E-state index contributed by atoms with van der Waals surface area (Å²) in [5.74, 6) is 0.637. The highest BCUT2D eigenvalue weighted by Gasteiger charge is 2.13. The average molecular weight is 297 g/mol. The first-order valence-electron chi connectivity index (χ1n) is 7.76. The van der Waals surface area contributed by atoms with E-state index in [1.807, 2.05) is 42.5 Å². The molecule has 0 saturated carbocycles. The minimum Gasteiger partial charge on any atom is -0.481 e. The first kappa shape index (κ1) is 16.1. The molecule has 1 N–H and O–H groups in total. The van der Waals surface area contributed by atoms with Gasteiger partial charge in [0, 0.05) is 6.54 Å². The molecular formula is C19H23NO2. The Morgan fingerprint density at radius 1 is 1.05 bits per heavy atom. The summed E-state index contributed by atoms with van der Waals surface area (Å²) < 4.78 is 5.67.